The standard InChI is InChI=1S/C24H30N6O2S/c1-6-21(22-26-27-28-30(22)24(2,3)4)29(15-19-8-7-11-33-19)14-17-12-16-13-18(32-5)9-10-20(16)25-23(17)31/h7-13,21H,6,14-15H2,1-5H3,(H,25,31)/t21-/m0/s1. The van der Waals surface area contributed by atoms with Crippen LogP contribution in [0, 0.1) is 0 Å². The lowest BCUT2D eigenvalue weighted by Crippen LogP contribution is -2.35. The van der Waals surface area contributed by atoms with Crippen LogP contribution in [0.3, 0.4) is 0 Å². The fourth-order valence-corrected chi connectivity index (χ4v) is 4.79. The minimum Gasteiger partial charge on any atom is -0.497 e. The van der Waals surface area contributed by atoms with Crippen molar-refractivity contribution >= 4 is 22.2 Å². The zero-order valence-electron chi connectivity index (χ0n) is 19.7. The fourth-order valence-electron chi connectivity index (χ4n) is 4.06. The number of aromatic amines is 1. The lowest BCUT2D eigenvalue weighted by molar-refractivity contribution is 0.155. The Morgan fingerprint density at radius 1 is 1.21 bits per heavy atom. The summed E-state index contributed by atoms with van der Waals surface area (Å²) >= 11 is 1.71. The molecule has 4 aromatic rings. The van der Waals surface area contributed by atoms with Crippen LogP contribution < -0.4 is 10.3 Å². The molecular formula is C24H30N6O2S. The lowest BCUT2D eigenvalue weighted by Gasteiger charge is -2.32. The van der Waals surface area contributed by atoms with Gasteiger partial charge in [-0.1, -0.05) is 13.0 Å². The number of ether oxygens (including phenoxy) is 1. The third-order valence-corrected chi connectivity index (χ3v) is 6.56. The molecule has 0 fully saturated rings. The number of methoxy groups -OCH3 is 1. The van der Waals surface area contributed by atoms with E-state index in [0.29, 0.717) is 18.7 Å². The number of benzene rings is 1. The van der Waals surface area contributed by atoms with Crippen molar-refractivity contribution in [1.29, 1.82) is 0 Å². The van der Waals surface area contributed by atoms with Gasteiger partial charge in [0, 0.05) is 34.4 Å². The Bertz CT molecular complexity index is 1270. The van der Waals surface area contributed by atoms with Crippen molar-refractivity contribution in [3.63, 3.8) is 0 Å². The number of hydrogen-bond acceptors (Lipinski definition) is 7. The molecule has 0 spiro atoms. The van der Waals surface area contributed by atoms with E-state index in [2.05, 4.69) is 64.6 Å². The largest absolute Gasteiger partial charge is 0.497 e. The van der Waals surface area contributed by atoms with Gasteiger partial charge in [0.25, 0.3) is 5.56 Å². The first-order chi connectivity index (χ1) is 15.8. The highest BCUT2D eigenvalue weighted by molar-refractivity contribution is 7.09. The minimum absolute atomic E-state index is 0.0540. The molecule has 3 heterocycles. The molecule has 174 valence electrons. The maximum atomic E-state index is 13.0. The van der Waals surface area contributed by atoms with Gasteiger partial charge in [-0.2, -0.15) is 0 Å². The first-order valence-electron chi connectivity index (χ1n) is 11.0. The second kappa shape index (κ2) is 9.44. The van der Waals surface area contributed by atoms with Crippen LogP contribution in [0.15, 0.2) is 46.6 Å². The Morgan fingerprint density at radius 2 is 2.03 bits per heavy atom. The van der Waals surface area contributed by atoms with Gasteiger partial charge in [0.05, 0.1) is 18.7 Å². The molecule has 1 N–H and O–H groups in total. The summed E-state index contributed by atoms with van der Waals surface area (Å²) in [5, 5.41) is 15.7. The molecule has 4 rings (SSSR count). The lowest BCUT2D eigenvalue weighted by atomic mass is 10.1. The summed E-state index contributed by atoms with van der Waals surface area (Å²) in [5.74, 6) is 1.56. The quantitative estimate of drug-likeness (QED) is 0.411. The number of hydrogen-bond donors (Lipinski definition) is 1. The van der Waals surface area contributed by atoms with Crippen LogP contribution in [0.2, 0.25) is 0 Å². The van der Waals surface area contributed by atoms with Gasteiger partial charge < -0.3 is 9.72 Å². The maximum absolute atomic E-state index is 13.0. The predicted octanol–water partition coefficient (Wildman–Crippen LogP) is 4.49. The molecule has 0 saturated heterocycles. The summed E-state index contributed by atoms with van der Waals surface area (Å²) in [4.78, 5) is 19.5. The van der Waals surface area contributed by atoms with Gasteiger partial charge in [0.1, 0.15) is 5.75 Å². The molecule has 9 heteroatoms. The van der Waals surface area contributed by atoms with E-state index in [0.717, 1.165) is 28.9 Å². The molecule has 0 radical (unpaired) electrons. The number of H-pyrrole nitrogens is 1. The Labute approximate surface area is 197 Å². The van der Waals surface area contributed by atoms with Crippen molar-refractivity contribution in [2.75, 3.05) is 7.11 Å². The average Bonchev–Trinajstić information content (AvgIpc) is 3.46. The third-order valence-electron chi connectivity index (χ3n) is 5.70. The highest BCUT2D eigenvalue weighted by Crippen LogP contribution is 2.30. The first kappa shape index (κ1) is 23.1. The highest BCUT2D eigenvalue weighted by Gasteiger charge is 2.29. The molecule has 1 atom stereocenters. The highest BCUT2D eigenvalue weighted by atomic mass is 32.1. The van der Waals surface area contributed by atoms with Crippen LogP contribution in [-0.2, 0) is 18.6 Å². The fraction of sp³-hybridized carbons (Fsp3) is 0.417. The molecular weight excluding hydrogens is 436 g/mol. The summed E-state index contributed by atoms with van der Waals surface area (Å²) in [6.45, 7) is 9.56. The van der Waals surface area contributed by atoms with E-state index in [-0.39, 0.29) is 17.1 Å². The number of thiophene rings is 1. The van der Waals surface area contributed by atoms with Crippen LogP contribution in [0.25, 0.3) is 10.9 Å². The van der Waals surface area contributed by atoms with Crippen LogP contribution in [0.1, 0.15) is 56.4 Å². The molecule has 3 aromatic heterocycles. The summed E-state index contributed by atoms with van der Waals surface area (Å²) in [6, 6.07) is 11.7. The molecule has 0 aliphatic rings. The molecule has 0 saturated carbocycles. The second-order valence-corrected chi connectivity index (χ2v) is 10.1. The van der Waals surface area contributed by atoms with Crippen molar-refractivity contribution in [3.05, 3.63) is 68.4 Å². The van der Waals surface area contributed by atoms with E-state index in [4.69, 9.17) is 4.74 Å². The van der Waals surface area contributed by atoms with Crippen molar-refractivity contribution in [2.24, 2.45) is 0 Å². The van der Waals surface area contributed by atoms with E-state index in [9.17, 15) is 4.79 Å². The van der Waals surface area contributed by atoms with E-state index in [1.807, 2.05) is 35.0 Å². The number of rotatable bonds is 8. The van der Waals surface area contributed by atoms with Crippen molar-refractivity contribution in [2.45, 2.75) is 58.8 Å². The van der Waals surface area contributed by atoms with Crippen LogP contribution in [-0.4, -0.2) is 37.2 Å². The van der Waals surface area contributed by atoms with Gasteiger partial charge in [-0.25, -0.2) is 4.68 Å². The predicted molar refractivity (Wildman–Crippen MR) is 131 cm³/mol. The van der Waals surface area contributed by atoms with Gasteiger partial charge in [0.2, 0.25) is 0 Å². The second-order valence-electron chi connectivity index (χ2n) is 9.10. The number of pyridine rings is 1. The molecule has 8 nitrogen and oxygen atoms in total. The Kier molecular flexibility index (Phi) is 6.62. The molecule has 0 aliphatic carbocycles. The molecule has 0 amide bonds. The van der Waals surface area contributed by atoms with Gasteiger partial charge in [0.15, 0.2) is 5.82 Å². The number of fused-ring (bicyclic) bond motifs is 1. The summed E-state index contributed by atoms with van der Waals surface area (Å²) in [5.41, 5.74) is 1.14. The van der Waals surface area contributed by atoms with E-state index in [1.165, 1.54) is 4.88 Å². The summed E-state index contributed by atoms with van der Waals surface area (Å²) in [7, 11) is 1.64. The van der Waals surface area contributed by atoms with Gasteiger partial charge >= 0.3 is 0 Å². The van der Waals surface area contributed by atoms with E-state index in [1.54, 1.807) is 18.4 Å². The number of tetrazole rings is 1. The molecule has 1 aromatic carbocycles. The average molecular weight is 467 g/mol. The Morgan fingerprint density at radius 3 is 2.70 bits per heavy atom. The molecule has 0 bridgehead atoms. The number of aromatic nitrogens is 5. The number of nitrogens with one attached hydrogen (secondary N) is 1. The Hall–Kier alpha value is -3.04. The molecule has 0 unspecified atom stereocenters. The van der Waals surface area contributed by atoms with Gasteiger partial charge in [-0.15, -0.1) is 16.4 Å². The normalized spacial score (nSPS) is 13.0. The monoisotopic (exact) mass is 466 g/mol. The van der Waals surface area contributed by atoms with Gasteiger partial charge in [-0.3, -0.25) is 9.69 Å². The topological polar surface area (TPSA) is 88.9 Å². The molecule has 33 heavy (non-hydrogen) atoms. The van der Waals surface area contributed by atoms with Crippen molar-refractivity contribution in [1.82, 2.24) is 30.1 Å². The maximum Gasteiger partial charge on any atom is 0.252 e. The zero-order chi connectivity index (χ0) is 23.6. The number of nitrogens with zero attached hydrogens (tertiary/aromatic N) is 5. The minimum atomic E-state index is -0.252. The Balaban J connectivity index is 1.76. The van der Waals surface area contributed by atoms with Gasteiger partial charge in [-0.05, 0) is 73.3 Å². The first-order valence-corrected chi connectivity index (χ1v) is 11.9. The van der Waals surface area contributed by atoms with Crippen molar-refractivity contribution in [3.8, 4) is 5.75 Å². The summed E-state index contributed by atoms with van der Waals surface area (Å²) < 4.78 is 7.25. The SMILES string of the molecule is CC[C@@H](c1nnnn1C(C)(C)C)N(Cc1cccs1)Cc1cc2cc(OC)ccc2[nH]c1=O. The van der Waals surface area contributed by atoms with E-state index < -0.39 is 0 Å². The molecule has 0 aliphatic heterocycles. The van der Waals surface area contributed by atoms with Crippen LogP contribution in [0.5, 0.6) is 5.75 Å². The van der Waals surface area contributed by atoms with Crippen LogP contribution in [0.4, 0.5) is 0 Å². The third kappa shape index (κ3) is 4.99. The summed E-state index contributed by atoms with van der Waals surface area (Å²) in [6.07, 6.45) is 0.807. The zero-order valence-corrected chi connectivity index (χ0v) is 20.5. The van der Waals surface area contributed by atoms with Crippen LogP contribution >= 0.6 is 11.3 Å². The van der Waals surface area contributed by atoms with E-state index >= 15 is 0 Å². The smallest absolute Gasteiger partial charge is 0.252 e. The van der Waals surface area contributed by atoms with Crippen molar-refractivity contribution < 1.29 is 4.74 Å².